The van der Waals surface area contributed by atoms with E-state index in [0.29, 0.717) is 13.1 Å². The van der Waals surface area contributed by atoms with Crippen LogP contribution in [0.5, 0.6) is 0 Å². The molecule has 3 heterocycles. The lowest BCUT2D eigenvalue weighted by Crippen LogP contribution is -2.38. The highest BCUT2D eigenvalue weighted by atomic mass is 32.1. The molecule has 0 saturated carbocycles. The zero-order valence-electron chi connectivity index (χ0n) is 16.2. The summed E-state index contributed by atoms with van der Waals surface area (Å²) < 4.78 is 3.42. The third kappa shape index (κ3) is 5.41. The fraction of sp³-hybridized carbons (Fsp3) is 0.667. The number of nitrogens with zero attached hydrogens (tertiary/aromatic N) is 5. The van der Waals surface area contributed by atoms with E-state index in [-0.39, 0.29) is 5.69 Å². The normalized spacial score (nSPS) is 14.2. The Morgan fingerprint density at radius 1 is 1.37 bits per heavy atom. The van der Waals surface area contributed by atoms with Gasteiger partial charge in [0.25, 0.3) is 0 Å². The number of hydrogen-bond acceptors (Lipinski definition) is 5. The molecule has 148 valence electrons. The van der Waals surface area contributed by atoms with Gasteiger partial charge >= 0.3 is 5.69 Å². The Morgan fingerprint density at radius 2 is 2.26 bits per heavy atom. The van der Waals surface area contributed by atoms with E-state index in [9.17, 15) is 4.79 Å². The molecule has 0 amide bonds. The molecule has 0 aliphatic carbocycles. The highest BCUT2D eigenvalue weighted by molar-refractivity contribution is 7.11. The molecule has 0 radical (unpaired) electrons. The second-order valence-corrected chi connectivity index (χ2v) is 8.01. The molecule has 0 aromatic carbocycles. The smallest absolute Gasteiger partial charge is 0.345 e. The topological polar surface area (TPSA) is 89.1 Å². The van der Waals surface area contributed by atoms with Gasteiger partial charge in [-0.25, -0.2) is 14.5 Å². The fourth-order valence-electron chi connectivity index (χ4n) is 3.15. The van der Waals surface area contributed by atoms with Crippen LogP contribution in [-0.2, 0) is 25.9 Å². The first-order valence-corrected chi connectivity index (χ1v) is 10.6. The first-order valence-electron chi connectivity index (χ1n) is 9.77. The molecule has 1 aliphatic rings. The third-order valence-electron chi connectivity index (χ3n) is 4.47. The monoisotopic (exact) mass is 391 g/mol. The van der Waals surface area contributed by atoms with Crippen LogP contribution < -0.4 is 16.3 Å². The van der Waals surface area contributed by atoms with Gasteiger partial charge in [0, 0.05) is 56.6 Å². The van der Waals surface area contributed by atoms with Crippen molar-refractivity contribution in [2.75, 3.05) is 19.6 Å². The number of guanidine groups is 1. The van der Waals surface area contributed by atoms with E-state index in [0.717, 1.165) is 68.5 Å². The van der Waals surface area contributed by atoms with Gasteiger partial charge in [0.1, 0.15) is 5.82 Å². The Labute approximate surface area is 163 Å². The highest BCUT2D eigenvalue weighted by Gasteiger charge is 2.16. The number of fused-ring (bicyclic) bond motifs is 1. The summed E-state index contributed by atoms with van der Waals surface area (Å²) in [6.45, 7) is 7.81. The van der Waals surface area contributed by atoms with Crippen molar-refractivity contribution in [1.29, 1.82) is 0 Å². The van der Waals surface area contributed by atoms with Gasteiger partial charge < -0.3 is 10.6 Å². The number of thiazole rings is 1. The van der Waals surface area contributed by atoms with Crippen LogP contribution in [0.15, 0.2) is 16.0 Å². The van der Waals surface area contributed by atoms with Gasteiger partial charge in [-0.15, -0.1) is 11.3 Å². The summed E-state index contributed by atoms with van der Waals surface area (Å²) in [5.41, 5.74) is 0.0254. The Balaban J connectivity index is 1.45. The van der Waals surface area contributed by atoms with Crippen LogP contribution in [0.2, 0.25) is 0 Å². The van der Waals surface area contributed by atoms with Crippen molar-refractivity contribution in [2.24, 2.45) is 4.99 Å². The Kier molecular flexibility index (Phi) is 7.03. The average molecular weight is 392 g/mol. The summed E-state index contributed by atoms with van der Waals surface area (Å²) in [6, 6.07) is 0. The Bertz CT molecular complexity index is 820. The van der Waals surface area contributed by atoms with Crippen molar-refractivity contribution >= 4 is 17.3 Å². The fourth-order valence-corrected chi connectivity index (χ4v) is 3.94. The minimum Gasteiger partial charge on any atom is -0.357 e. The summed E-state index contributed by atoms with van der Waals surface area (Å²) in [5.74, 6) is 1.74. The molecule has 27 heavy (non-hydrogen) atoms. The number of aromatic nitrogens is 4. The third-order valence-corrected chi connectivity index (χ3v) is 5.45. The maximum atomic E-state index is 12.3. The van der Waals surface area contributed by atoms with Crippen molar-refractivity contribution in [2.45, 2.75) is 59.0 Å². The molecule has 3 rings (SSSR count). The molecule has 0 saturated heterocycles. The summed E-state index contributed by atoms with van der Waals surface area (Å²) in [5, 5.41) is 12.2. The molecular weight excluding hydrogens is 362 g/mol. The van der Waals surface area contributed by atoms with Crippen LogP contribution in [-0.4, -0.2) is 44.9 Å². The van der Waals surface area contributed by atoms with Gasteiger partial charge in [-0.3, -0.25) is 9.56 Å². The van der Waals surface area contributed by atoms with Crippen LogP contribution in [0.3, 0.4) is 0 Å². The lowest BCUT2D eigenvalue weighted by Gasteiger charge is -2.10. The first-order chi connectivity index (χ1) is 13.2. The molecule has 0 bridgehead atoms. The lowest BCUT2D eigenvalue weighted by atomic mass is 10.2. The van der Waals surface area contributed by atoms with E-state index in [1.54, 1.807) is 16.0 Å². The molecular formula is C18H29N7OS. The molecule has 0 unspecified atom stereocenters. The Morgan fingerprint density at radius 3 is 3.00 bits per heavy atom. The van der Waals surface area contributed by atoms with Crippen LogP contribution in [0.1, 0.15) is 41.9 Å². The first kappa shape index (κ1) is 19.6. The average Bonchev–Trinajstić information content (AvgIpc) is 3.22. The standard InChI is InChI=1S/C18H29N7OS/c1-3-19-17(21-10-8-16-22-13-14(2)27-16)20-9-6-12-25-18(26)24-11-5-4-7-15(24)23-25/h13H,3-12H2,1-2H3,(H2,19,20,21). The van der Waals surface area contributed by atoms with Crippen molar-refractivity contribution in [3.63, 3.8) is 0 Å². The quantitative estimate of drug-likeness (QED) is 0.403. The van der Waals surface area contributed by atoms with Gasteiger partial charge in [0.05, 0.1) is 5.01 Å². The second-order valence-electron chi connectivity index (χ2n) is 6.69. The maximum Gasteiger partial charge on any atom is 0.345 e. The zero-order valence-corrected chi connectivity index (χ0v) is 17.0. The van der Waals surface area contributed by atoms with E-state index in [1.165, 1.54) is 4.88 Å². The summed E-state index contributed by atoms with van der Waals surface area (Å²) in [4.78, 5) is 22.5. The number of rotatable bonds is 8. The molecule has 9 heteroatoms. The van der Waals surface area contributed by atoms with Gasteiger partial charge in [0.15, 0.2) is 5.96 Å². The predicted octanol–water partition coefficient (Wildman–Crippen LogP) is 1.33. The number of aliphatic imine (C=N–C) groups is 1. The minimum absolute atomic E-state index is 0.0254. The van der Waals surface area contributed by atoms with Gasteiger partial charge in [-0.05, 0) is 33.1 Å². The van der Waals surface area contributed by atoms with Crippen molar-refractivity contribution in [1.82, 2.24) is 30.0 Å². The largest absolute Gasteiger partial charge is 0.357 e. The van der Waals surface area contributed by atoms with E-state index in [1.807, 2.05) is 10.8 Å². The zero-order chi connectivity index (χ0) is 19.1. The molecule has 2 aromatic rings. The Hall–Kier alpha value is -2.16. The van der Waals surface area contributed by atoms with Crippen molar-refractivity contribution in [3.05, 3.63) is 32.4 Å². The second kappa shape index (κ2) is 9.68. The molecule has 1 aliphatic heterocycles. The molecule has 2 aromatic heterocycles. The molecule has 8 nitrogen and oxygen atoms in total. The van der Waals surface area contributed by atoms with Crippen LogP contribution in [0.25, 0.3) is 0 Å². The summed E-state index contributed by atoms with van der Waals surface area (Å²) in [6.07, 6.45) is 6.69. The molecule has 0 spiro atoms. The van der Waals surface area contributed by atoms with Gasteiger partial charge in [0.2, 0.25) is 0 Å². The van der Waals surface area contributed by atoms with Gasteiger partial charge in [-0.2, -0.15) is 5.10 Å². The van der Waals surface area contributed by atoms with Crippen LogP contribution in [0, 0.1) is 6.92 Å². The van der Waals surface area contributed by atoms with E-state index in [4.69, 9.17) is 0 Å². The maximum absolute atomic E-state index is 12.3. The minimum atomic E-state index is 0.0254. The van der Waals surface area contributed by atoms with Crippen molar-refractivity contribution < 1.29 is 0 Å². The van der Waals surface area contributed by atoms with Crippen LogP contribution >= 0.6 is 11.3 Å². The lowest BCUT2D eigenvalue weighted by molar-refractivity contribution is 0.509. The van der Waals surface area contributed by atoms with Gasteiger partial charge in [-0.1, -0.05) is 0 Å². The summed E-state index contributed by atoms with van der Waals surface area (Å²) in [7, 11) is 0. The molecule has 2 N–H and O–H groups in total. The predicted molar refractivity (Wildman–Crippen MR) is 109 cm³/mol. The highest BCUT2D eigenvalue weighted by Crippen LogP contribution is 2.11. The van der Waals surface area contributed by atoms with Crippen molar-refractivity contribution in [3.8, 4) is 0 Å². The van der Waals surface area contributed by atoms with E-state index in [2.05, 4.69) is 39.6 Å². The number of aryl methyl sites for hydroxylation is 3. The summed E-state index contributed by atoms with van der Waals surface area (Å²) >= 11 is 1.73. The number of hydrogen-bond donors (Lipinski definition) is 2. The molecule has 0 fully saturated rings. The number of nitrogens with one attached hydrogen (secondary N) is 2. The SMILES string of the molecule is CCNC(=NCCCn1nc2n(c1=O)CCCC2)NCCc1ncc(C)s1. The van der Waals surface area contributed by atoms with Crippen LogP contribution in [0.4, 0.5) is 0 Å². The molecule has 0 atom stereocenters. The van der Waals surface area contributed by atoms with E-state index >= 15 is 0 Å². The van der Waals surface area contributed by atoms with E-state index < -0.39 is 0 Å².